The molecule has 1 N–H and O–H groups in total. The van der Waals surface area contributed by atoms with Crippen molar-refractivity contribution in [2.75, 3.05) is 6.54 Å². The van der Waals surface area contributed by atoms with Crippen LogP contribution in [0, 0.1) is 6.92 Å². The van der Waals surface area contributed by atoms with Gasteiger partial charge in [0.05, 0.1) is 6.54 Å². The van der Waals surface area contributed by atoms with Crippen molar-refractivity contribution in [3.05, 3.63) is 18.2 Å². The largest absolute Gasteiger partial charge is 0.460 e. The fourth-order valence-electron chi connectivity index (χ4n) is 0.837. The van der Waals surface area contributed by atoms with E-state index in [9.17, 15) is 4.79 Å². The van der Waals surface area contributed by atoms with Crippen LogP contribution in [0.25, 0.3) is 0 Å². The van der Waals surface area contributed by atoms with Crippen molar-refractivity contribution in [3.63, 3.8) is 0 Å². The standard InChI is InChI=1S/C8H12N4O/c1-3-4-10-8(13)12-6-9-5-7(2)11-12/h5-6H,3-4H2,1-2H3/p+1. The highest BCUT2D eigenvalue weighted by molar-refractivity contribution is 5.63. The van der Waals surface area contributed by atoms with Crippen molar-refractivity contribution in [2.45, 2.75) is 20.3 Å². The number of nitrogens with zero attached hydrogens (tertiary/aromatic N) is 3. The molecule has 0 bridgehead atoms. The second kappa shape index (κ2) is 4.49. The lowest BCUT2D eigenvalue weighted by atomic mass is 10.5. The van der Waals surface area contributed by atoms with Crippen LogP contribution in [-0.2, 0) is 0 Å². The van der Waals surface area contributed by atoms with Crippen LogP contribution in [-0.4, -0.2) is 22.7 Å². The van der Waals surface area contributed by atoms with Crippen LogP contribution in [0.15, 0.2) is 12.5 Å². The van der Waals surface area contributed by atoms with Crippen LogP contribution in [0.2, 0.25) is 0 Å². The Kier molecular flexibility index (Phi) is 3.31. The SMILES string of the molecule is CCCNC(=O)[n+]1cncc(C)n1. The summed E-state index contributed by atoms with van der Waals surface area (Å²) in [6.07, 6.45) is 3.90. The molecule has 0 saturated heterocycles. The third-order valence-electron chi connectivity index (χ3n) is 1.44. The summed E-state index contributed by atoms with van der Waals surface area (Å²) in [7, 11) is 0. The minimum atomic E-state index is -0.238. The molecular formula is C8H13N4O+. The van der Waals surface area contributed by atoms with Crippen LogP contribution in [0.4, 0.5) is 4.79 Å². The zero-order chi connectivity index (χ0) is 9.68. The summed E-state index contributed by atoms with van der Waals surface area (Å²) in [5, 5.41) is 6.67. The monoisotopic (exact) mass is 181 g/mol. The van der Waals surface area contributed by atoms with Crippen LogP contribution < -0.4 is 10.00 Å². The van der Waals surface area contributed by atoms with Crippen molar-refractivity contribution in [3.8, 4) is 0 Å². The van der Waals surface area contributed by atoms with E-state index >= 15 is 0 Å². The second-order valence-electron chi connectivity index (χ2n) is 2.71. The van der Waals surface area contributed by atoms with Gasteiger partial charge < -0.3 is 0 Å². The van der Waals surface area contributed by atoms with Gasteiger partial charge >= 0.3 is 6.03 Å². The average molecular weight is 181 g/mol. The third kappa shape index (κ3) is 2.77. The average Bonchev–Trinajstić information content (AvgIpc) is 2.14. The second-order valence-corrected chi connectivity index (χ2v) is 2.71. The highest BCUT2D eigenvalue weighted by Crippen LogP contribution is 1.79. The van der Waals surface area contributed by atoms with Gasteiger partial charge in [0.15, 0.2) is 0 Å². The maximum absolute atomic E-state index is 11.3. The number of hydrogen-bond donors (Lipinski definition) is 1. The maximum Gasteiger partial charge on any atom is 0.460 e. The lowest BCUT2D eigenvalue weighted by Crippen LogP contribution is -2.53. The number of carbonyl (C=O) groups excluding carboxylic acids is 1. The molecule has 5 nitrogen and oxygen atoms in total. The van der Waals surface area contributed by atoms with Gasteiger partial charge in [-0.15, -0.1) is 10.1 Å². The number of rotatable bonds is 2. The van der Waals surface area contributed by atoms with Gasteiger partial charge in [0.25, 0.3) is 6.33 Å². The minimum Gasteiger partial charge on any atom is -0.269 e. The molecule has 0 unspecified atom stereocenters. The van der Waals surface area contributed by atoms with Crippen molar-refractivity contribution < 1.29 is 9.48 Å². The summed E-state index contributed by atoms with van der Waals surface area (Å²) in [6.45, 7) is 4.44. The molecule has 0 fully saturated rings. The van der Waals surface area contributed by atoms with Gasteiger partial charge in [-0.25, -0.2) is 4.79 Å². The first-order valence-corrected chi connectivity index (χ1v) is 4.23. The summed E-state index contributed by atoms with van der Waals surface area (Å²) in [5.74, 6) is 0. The van der Waals surface area contributed by atoms with E-state index in [1.54, 1.807) is 13.1 Å². The molecule has 0 atom stereocenters. The smallest absolute Gasteiger partial charge is 0.269 e. The predicted molar refractivity (Wildman–Crippen MR) is 46.1 cm³/mol. The van der Waals surface area contributed by atoms with Gasteiger partial charge in [-0.3, -0.25) is 5.32 Å². The molecule has 70 valence electrons. The number of carbonyl (C=O) groups is 1. The Bertz CT molecular complexity index is 300. The quantitative estimate of drug-likeness (QED) is 0.655. The molecule has 0 spiro atoms. The zero-order valence-electron chi connectivity index (χ0n) is 7.82. The lowest BCUT2D eigenvalue weighted by Gasteiger charge is -1.97. The molecule has 5 heteroatoms. The predicted octanol–water partition coefficient (Wildman–Crippen LogP) is 0.0402. The Morgan fingerprint density at radius 3 is 3.08 bits per heavy atom. The fraction of sp³-hybridized carbons (Fsp3) is 0.500. The van der Waals surface area contributed by atoms with Crippen LogP contribution in [0.5, 0.6) is 0 Å². The Balaban J connectivity index is 2.66. The molecule has 0 aliphatic rings. The first-order valence-electron chi connectivity index (χ1n) is 4.23. The van der Waals surface area contributed by atoms with Gasteiger partial charge in [-0.1, -0.05) is 11.6 Å². The van der Waals surface area contributed by atoms with Crippen molar-refractivity contribution in [2.24, 2.45) is 0 Å². The molecule has 1 aromatic heterocycles. The van der Waals surface area contributed by atoms with E-state index in [4.69, 9.17) is 0 Å². The number of amides is 1. The lowest BCUT2D eigenvalue weighted by molar-refractivity contribution is -0.640. The Morgan fingerprint density at radius 1 is 1.69 bits per heavy atom. The molecule has 1 aromatic rings. The van der Waals surface area contributed by atoms with E-state index in [1.165, 1.54) is 11.0 Å². The minimum absolute atomic E-state index is 0.238. The molecule has 1 amide bonds. The Morgan fingerprint density at radius 2 is 2.46 bits per heavy atom. The number of nitrogens with one attached hydrogen (secondary N) is 1. The van der Waals surface area contributed by atoms with Crippen LogP contribution >= 0.6 is 0 Å². The summed E-state index contributed by atoms with van der Waals surface area (Å²) in [5.41, 5.74) is 0.717. The fourth-order valence-corrected chi connectivity index (χ4v) is 0.837. The molecular weight excluding hydrogens is 168 g/mol. The summed E-state index contributed by atoms with van der Waals surface area (Å²) >= 11 is 0. The summed E-state index contributed by atoms with van der Waals surface area (Å²) in [4.78, 5) is 15.2. The molecule has 1 rings (SSSR count). The highest BCUT2D eigenvalue weighted by atomic mass is 16.2. The molecule has 0 aliphatic heterocycles. The van der Waals surface area contributed by atoms with Gasteiger partial charge in [-0.2, -0.15) is 0 Å². The number of hydrogen-bond acceptors (Lipinski definition) is 3. The maximum atomic E-state index is 11.3. The van der Waals surface area contributed by atoms with Gasteiger partial charge in [0.2, 0.25) is 0 Å². The van der Waals surface area contributed by atoms with Gasteiger partial charge in [0.1, 0.15) is 11.9 Å². The van der Waals surface area contributed by atoms with Gasteiger partial charge in [0, 0.05) is 0 Å². The Labute approximate surface area is 76.8 Å². The first-order chi connectivity index (χ1) is 6.24. The van der Waals surface area contributed by atoms with E-state index in [2.05, 4.69) is 15.4 Å². The van der Waals surface area contributed by atoms with E-state index in [0.29, 0.717) is 12.2 Å². The highest BCUT2D eigenvalue weighted by Gasteiger charge is 2.10. The van der Waals surface area contributed by atoms with Crippen LogP contribution in [0.1, 0.15) is 19.0 Å². The third-order valence-corrected chi connectivity index (χ3v) is 1.44. The molecule has 0 aromatic carbocycles. The number of aromatic nitrogens is 3. The summed E-state index contributed by atoms with van der Waals surface area (Å²) in [6, 6.07) is -0.238. The molecule has 0 aliphatic carbocycles. The molecule has 13 heavy (non-hydrogen) atoms. The van der Waals surface area contributed by atoms with Crippen LogP contribution in [0.3, 0.4) is 0 Å². The normalized spacial score (nSPS) is 9.69. The number of aryl methyl sites for hydroxylation is 1. The summed E-state index contributed by atoms with van der Waals surface area (Å²) < 4.78 is 1.20. The van der Waals surface area contributed by atoms with E-state index in [1.807, 2.05) is 6.92 Å². The topological polar surface area (TPSA) is 58.8 Å². The van der Waals surface area contributed by atoms with E-state index < -0.39 is 0 Å². The molecule has 0 radical (unpaired) electrons. The Hall–Kier alpha value is -1.52. The molecule has 0 saturated carbocycles. The van der Waals surface area contributed by atoms with E-state index in [-0.39, 0.29) is 6.03 Å². The van der Waals surface area contributed by atoms with Crippen molar-refractivity contribution in [1.29, 1.82) is 0 Å². The van der Waals surface area contributed by atoms with Crippen molar-refractivity contribution in [1.82, 2.24) is 15.4 Å². The zero-order valence-corrected chi connectivity index (χ0v) is 7.82. The molecule has 1 heterocycles. The van der Waals surface area contributed by atoms with E-state index in [0.717, 1.165) is 6.42 Å². The first kappa shape index (κ1) is 9.57. The van der Waals surface area contributed by atoms with Crippen molar-refractivity contribution >= 4 is 6.03 Å². The van der Waals surface area contributed by atoms with Gasteiger partial charge in [-0.05, 0) is 13.3 Å².